The number of nitrogens with one attached hydrogen (secondary N) is 1. The van der Waals surface area contributed by atoms with Crippen LogP contribution in [0.2, 0.25) is 5.02 Å². The lowest BCUT2D eigenvalue weighted by atomic mass is 9.86. The van der Waals surface area contributed by atoms with E-state index < -0.39 is 0 Å². The number of hydrogen-bond acceptors (Lipinski definition) is 1. The average molecular weight is 283 g/mol. The fourth-order valence-electron chi connectivity index (χ4n) is 2.64. The fourth-order valence-corrected chi connectivity index (χ4v) is 2.82. The minimum atomic E-state index is 0.0563. The average Bonchev–Trinajstić information content (AvgIpc) is 2.83. The zero-order valence-electron chi connectivity index (χ0n) is 12.3. The minimum absolute atomic E-state index is 0.0563. The highest BCUT2D eigenvalue weighted by Gasteiger charge is 2.20. The molecule has 0 unspecified atom stereocenters. The summed E-state index contributed by atoms with van der Waals surface area (Å²) < 4.78 is 6.00. The minimum Gasteiger partial charge on any atom is -0.487 e. The van der Waals surface area contributed by atoms with Crippen LogP contribution < -0.4 is 9.64 Å². The Balaban J connectivity index is 1.98. The first-order valence-corrected chi connectivity index (χ1v) is 7.61. The summed E-state index contributed by atoms with van der Waals surface area (Å²) in [5.41, 5.74) is 1.25. The van der Waals surface area contributed by atoms with E-state index in [4.69, 9.17) is 16.3 Å². The Kier molecular flexibility index (Phi) is 4.75. The Morgan fingerprint density at radius 1 is 1.21 bits per heavy atom. The van der Waals surface area contributed by atoms with E-state index in [0.29, 0.717) is 0 Å². The number of quaternary nitrogens is 1. The molecule has 19 heavy (non-hydrogen) atoms. The molecule has 2 nitrogen and oxygen atoms in total. The Morgan fingerprint density at radius 2 is 1.89 bits per heavy atom. The lowest BCUT2D eigenvalue weighted by molar-refractivity contribution is -0.887. The number of ether oxygens (including phenoxy) is 1. The third kappa shape index (κ3) is 4.12. The fraction of sp³-hybridized carbons (Fsp3) is 0.625. The molecule has 1 saturated heterocycles. The second-order valence-corrected chi connectivity index (χ2v) is 6.88. The lowest BCUT2D eigenvalue weighted by Gasteiger charge is -2.23. The third-order valence-corrected chi connectivity index (χ3v) is 4.01. The van der Waals surface area contributed by atoms with Gasteiger partial charge in [0.2, 0.25) is 0 Å². The van der Waals surface area contributed by atoms with Crippen molar-refractivity contribution in [3.05, 3.63) is 28.8 Å². The van der Waals surface area contributed by atoms with Gasteiger partial charge in [-0.3, -0.25) is 0 Å². The van der Waals surface area contributed by atoms with Gasteiger partial charge in [0.25, 0.3) is 0 Å². The predicted molar refractivity (Wildman–Crippen MR) is 80.4 cm³/mol. The first kappa shape index (κ1) is 14.7. The standard InChI is InChI=1S/C16H24ClNO/c1-16(2,3)14-12-13(17)6-7-15(14)19-11-10-18-8-4-5-9-18/h6-7,12H,4-5,8-11H2,1-3H3/p+1. The molecular weight excluding hydrogens is 258 g/mol. The van der Waals surface area contributed by atoms with E-state index in [9.17, 15) is 0 Å². The van der Waals surface area contributed by atoms with Gasteiger partial charge in [-0.25, -0.2) is 0 Å². The molecule has 0 bridgehead atoms. The van der Waals surface area contributed by atoms with Crippen molar-refractivity contribution in [1.82, 2.24) is 0 Å². The SMILES string of the molecule is CC(C)(C)c1cc(Cl)ccc1OCC[NH+]1CCCC1. The molecule has 0 spiro atoms. The summed E-state index contributed by atoms with van der Waals surface area (Å²) in [5.74, 6) is 0.982. The number of halogens is 1. The largest absolute Gasteiger partial charge is 0.487 e. The monoisotopic (exact) mass is 282 g/mol. The smallest absolute Gasteiger partial charge is 0.137 e. The van der Waals surface area contributed by atoms with Gasteiger partial charge in [-0.15, -0.1) is 0 Å². The quantitative estimate of drug-likeness (QED) is 0.896. The van der Waals surface area contributed by atoms with Gasteiger partial charge in [-0.1, -0.05) is 32.4 Å². The first-order chi connectivity index (χ1) is 8.97. The second kappa shape index (κ2) is 6.15. The zero-order valence-corrected chi connectivity index (χ0v) is 13.0. The highest BCUT2D eigenvalue weighted by molar-refractivity contribution is 6.30. The molecule has 1 N–H and O–H groups in total. The van der Waals surface area contributed by atoms with Crippen molar-refractivity contribution in [2.45, 2.75) is 39.0 Å². The van der Waals surface area contributed by atoms with Gasteiger partial charge in [-0.2, -0.15) is 0 Å². The van der Waals surface area contributed by atoms with Gasteiger partial charge in [0.15, 0.2) is 0 Å². The van der Waals surface area contributed by atoms with Crippen LogP contribution in [-0.2, 0) is 5.41 Å². The van der Waals surface area contributed by atoms with Crippen molar-refractivity contribution < 1.29 is 9.64 Å². The molecule has 0 aromatic heterocycles. The normalized spacial score (nSPS) is 16.8. The van der Waals surface area contributed by atoms with Gasteiger partial charge in [0, 0.05) is 23.4 Å². The van der Waals surface area contributed by atoms with Crippen LogP contribution in [0.5, 0.6) is 5.75 Å². The number of rotatable bonds is 4. The Bertz CT molecular complexity index is 419. The molecule has 1 fully saturated rings. The second-order valence-electron chi connectivity index (χ2n) is 6.45. The summed E-state index contributed by atoms with van der Waals surface area (Å²) in [5, 5.41) is 0.780. The van der Waals surface area contributed by atoms with E-state index in [1.54, 1.807) is 4.90 Å². The van der Waals surface area contributed by atoms with Crippen molar-refractivity contribution in [2.24, 2.45) is 0 Å². The Labute approximate surface area is 121 Å². The highest BCUT2D eigenvalue weighted by Crippen LogP contribution is 2.33. The van der Waals surface area contributed by atoms with Crippen molar-refractivity contribution in [2.75, 3.05) is 26.2 Å². The van der Waals surface area contributed by atoms with Crippen LogP contribution in [-0.4, -0.2) is 26.2 Å². The summed E-state index contributed by atoms with van der Waals surface area (Å²) in [7, 11) is 0. The van der Waals surface area contributed by atoms with Crippen molar-refractivity contribution in [1.29, 1.82) is 0 Å². The van der Waals surface area contributed by atoms with Crippen LogP contribution in [0.25, 0.3) is 0 Å². The molecule has 0 amide bonds. The van der Waals surface area contributed by atoms with Crippen LogP contribution in [0.1, 0.15) is 39.2 Å². The summed E-state index contributed by atoms with van der Waals surface area (Å²) >= 11 is 6.10. The summed E-state index contributed by atoms with van der Waals surface area (Å²) in [6.07, 6.45) is 2.73. The Morgan fingerprint density at radius 3 is 2.53 bits per heavy atom. The van der Waals surface area contributed by atoms with Gasteiger partial charge in [0.05, 0.1) is 13.1 Å². The maximum absolute atomic E-state index is 6.10. The number of hydrogen-bond donors (Lipinski definition) is 1. The molecule has 1 aromatic rings. The molecule has 0 aliphatic carbocycles. The van der Waals surface area contributed by atoms with E-state index in [-0.39, 0.29) is 5.41 Å². The maximum atomic E-state index is 6.10. The third-order valence-electron chi connectivity index (χ3n) is 3.77. The summed E-state index contributed by atoms with van der Waals surface area (Å²) in [4.78, 5) is 1.67. The molecule has 1 aliphatic rings. The molecular formula is C16H25ClNO+. The Hall–Kier alpha value is -0.730. The lowest BCUT2D eigenvalue weighted by Crippen LogP contribution is -3.10. The van der Waals surface area contributed by atoms with E-state index in [1.807, 2.05) is 18.2 Å². The van der Waals surface area contributed by atoms with Crippen molar-refractivity contribution >= 4 is 11.6 Å². The number of benzene rings is 1. The first-order valence-electron chi connectivity index (χ1n) is 7.23. The molecule has 3 heteroatoms. The van der Waals surface area contributed by atoms with E-state index >= 15 is 0 Å². The molecule has 0 atom stereocenters. The highest BCUT2D eigenvalue weighted by atomic mass is 35.5. The summed E-state index contributed by atoms with van der Waals surface area (Å²) in [6, 6.07) is 5.94. The maximum Gasteiger partial charge on any atom is 0.137 e. The van der Waals surface area contributed by atoms with E-state index in [2.05, 4.69) is 20.8 Å². The summed E-state index contributed by atoms with van der Waals surface area (Å²) in [6.45, 7) is 11.1. The zero-order chi connectivity index (χ0) is 13.9. The molecule has 0 saturated carbocycles. The van der Waals surface area contributed by atoms with Crippen molar-refractivity contribution in [3.8, 4) is 5.75 Å². The molecule has 106 valence electrons. The van der Waals surface area contributed by atoms with Crippen LogP contribution in [0.15, 0.2) is 18.2 Å². The van der Waals surface area contributed by atoms with Gasteiger partial charge in [0.1, 0.15) is 18.9 Å². The van der Waals surface area contributed by atoms with E-state index in [1.165, 1.54) is 31.5 Å². The molecule has 2 rings (SSSR count). The van der Waals surface area contributed by atoms with Crippen molar-refractivity contribution in [3.63, 3.8) is 0 Å². The molecule has 1 aromatic carbocycles. The van der Waals surface area contributed by atoms with Gasteiger partial charge < -0.3 is 9.64 Å². The van der Waals surface area contributed by atoms with Gasteiger partial charge >= 0.3 is 0 Å². The topological polar surface area (TPSA) is 13.7 Å². The molecule has 1 heterocycles. The molecule has 1 aliphatic heterocycles. The van der Waals surface area contributed by atoms with Crippen LogP contribution in [0.4, 0.5) is 0 Å². The number of likely N-dealkylation sites (tertiary alicyclic amines) is 1. The van der Waals surface area contributed by atoms with Gasteiger partial charge in [-0.05, 0) is 23.6 Å². The molecule has 0 radical (unpaired) electrons. The predicted octanol–water partition coefficient (Wildman–Crippen LogP) is 2.70. The van der Waals surface area contributed by atoms with Crippen LogP contribution >= 0.6 is 11.6 Å². The van der Waals surface area contributed by atoms with Crippen LogP contribution in [0, 0.1) is 0 Å². The van der Waals surface area contributed by atoms with Crippen LogP contribution in [0.3, 0.4) is 0 Å². The van der Waals surface area contributed by atoms with E-state index in [0.717, 1.165) is 23.9 Å².